The van der Waals surface area contributed by atoms with E-state index in [1.54, 1.807) is 4.57 Å². The summed E-state index contributed by atoms with van der Waals surface area (Å²) < 4.78 is 29.4. The van der Waals surface area contributed by atoms with E-state index in [-0.39, 0.29) is 5.52 Å². The van der Waals surface area contributed by atoms with Gasteiger partial charge in [0, 0.05) is 6.54 Å². The highest BCUT2D eigenvalue weighted by atomic mass is 32.1. The molecule has 0 saturated heterocycles. The molecule has 0 aliphatic heterocycles. The molecule has 5 heteroatoms. The zero-order valence-electron chi connectivity index (χ0n) is 11.5. The van der Waals surface area contributed by atoms with Crippen molar-refractivity contribution in [2.75, 3.05) is 0 Å². The van der Waals surface area contributed by atoms with E-state index < -0.39 is 11.6 Å². The van der Waals surface area contributed by atoms with E-state index in [0.717, 1.165) is 11.6 Å². The summed E-state index contributed by atoms with van der Waals surface area (Å²) in [5, 5.41) is 0. The minimum Gasteiger partial charge on any atom is -0.330 e. The molecule has 0 radical (unpaired) electrons. The zero-order valence-corrected chi connectivity index (χ0v) is 12.3. The van der Waals surface area contributed by atoms with E-state index in [2.05, 4.69) is 11.1 Å². The average molecular weight is 304 g/mol. The molecule has 0 aliphatic carbocycles. The third-order valence-electron chi connectivity index (χ3n) is 3.53. The first-order valence-corrected chi connectivity index (χ1v) is 7.09. The van der Waals surface area contributed by atoms with Crippen molar-refractivity contribution in [3.63, 3.8) is 0 Å². The summed E-state index contributed by atoms with van der Waals surface area (Å²) in [5.74, 6) is -1.72. The van der Waals surface area contributed by atoms with E-state index in [1.165, 1.54) is 11.6 Å². The lowest BCUT2D eigenvalue weighted by Crippen LogP contribution is -2.03. The van der Waals surface area contributed by atoms with Gasteiger partial charge < -0.3 is 9.55 Å². The van der Waals surface area contributed by atoms with E-state index in [9.17, 15) is 8.78 Å². The molecule has 0 fully saturated rings. The molecular weight excluding hydrogens is 290 g/mol. The van der Waals surface area contributed by atoms with Gasteiger partial charge in [0.15, 0.2) is 16.4 Å². The largest absolute Gasteiger partial charge is 0.330 e. The number of hydrogen-bond donors (Lipinski definition) is 1. The highest BCUT2D eigenvalue weighted by Crippen LogP contribution is 2.21. The molecule has 0 aliphatic rings. The molecule has 0 amide bonds. The van der Waals surface area contributed by atoms with Gasteiger partial charge in [-0.25, -0.2) is 8.78 Å². The summed E-state index contributed by atoms with van der Waals surface area (Å²) in [4.78, 5) is 2.91. The number of fused-ring (bicyclic) bond motifs is 1. The van der Waals surface area contributed by atoms with Crippen molar-refractivity contribution in [2.45, 2.75) is 19.9 Å². The summed E-state index contributed by atoms with van der Waals surface area (Å²) in [6.07, 6.45) is 0.707. The smallest absolute Gasteiger partial charge is 0.184 e. The number of rotatable bonds is 3. The van der Waals surface area contributed by atoms with Gasteiger partial charge in [-0.15, -0.1) is 0 Å². The van der Waals surface area contributed by atoms with Gasteiger partial charge in [0.1, 0.15) is 5.52 Å². The molecular formula is C16H14F2N2S. The highest BCUT2D eigenvalue weighted by molar-refractivity contribution is 7.71. The summed E-state index contributed by atoms with van der Waals surface area (Å²) in [7, 11) is 0. The molecule has 0 spiro atoms. The maximum atomic E-state index is 14.0. The van der Waals surface area contributed by atoms with Gasteiger partial charge in [0.2, 0.25) is 0 Å². The highest BCUT2D eigenvalue weighted by Gasteiger charge is 2.13. The quantitative estimate of drug-likeness (QED) is 0.705. The number of H-pyrrole nitrogens is 1. The molecule has 2 nitrogen and oxygen atoms in total. The Kier molecular flexibility index (Phi) is 3.59. The van der Waals surface area contributed by atoms with Crippen molar-refractivity contribution in [1.29, 1.82) is 0 Å². The topological polar surface area (TPSA) is 20.7 Å². The Morgan fingerprint density at radius 2 is 2.00 bits per heavy atom. The molecule has 0 unspecified atom stereocenters. The fourth-order valence-corrected chi connectivity index (χ4v) is 2.80. The van der Waals surface area contributed by atoms with Crippen molar-refractivity contribution in [1.82, 2.24) is 9.55 Å². The van der Waals surface area contributed by atoms with Gasteiger partial charge in [0.25, 0.3) is 0 Å². The van der Waals surface area contributed by atoms with Crippen LogP contribution in [0.3, 0.4) is 0 Å². The normalized spacial score (nSPS) is 11.2. The van der Waals surface area contributed by atoms with Gasteiger partial charge in [-0.1, -0.05) is 29.8 Å². The predicted octanol–water partition coefficient (Wildman–Crippen LogP) is 4.53. The second kappa shape index (κ2) is 5.41. The second-order valence-corrected chi connectivity index (χ2v) is 5.47. The first-order valence-electron chi connectivity index (χ1n) is 6.68. The van der Waals surface area contributed by atoms with E-state index in [0.29, 0.717) is 23.3 Å². The number of nitrogens with zero attached hydrogens (tertiary/aromatic N) is 1. The van der Waals surface area contributed by atoms with Crippen molar-refractivity contribution in [2.24, 2.45) is 0 Å². The van der Waals surface area contributed by atoms with Crippen LogP contribution < -0.4 is 0 Å². The van der Waals surface area contributed by atoms with Gasteiger partial charge in [-0.2, -0.15) is 0 Å². The monoisotopic (exact) mass is 304 g/mol. The molecule has 108 valence electrons. The molecule has 1 heterocycles. The van der Waals surface area contributed by atoms with Crippen molar-refractivity contribution in [3.05, 3.63) is 63.9 Å². The molecule has 0 saturated carbocycles. The molecule has 21 heavy (non-hydrogen) atoms. The van der Waals surface area contributed by atoms with E-state index in [4.69, 9.17) is 12.2 Å². The number of aromatic amines is 1. The Morgan fingerprint density at radius 1 is 1.19 bits per heavy atom. The number of benzene rings is 2. The molecule has 1 aromatic heterocycles. The fraction of sp³-hybridized carbons (Fsp3) is 0.188. The molecule has 3 aromatic rings. The standard InChI is InChI=1S/C16H14F2N2S/c1-10-3-2-4-11(9-10)7-8-20-15-13(19-16(20)21)6-5-12(17)14(15)18/h2-6,9H,7-8H2,1H3,(H,19,21). The maximum absolute atomic E-state index is 14.0. The van der Waals surface area contributed by atoms with E-state index >= 15 is 0 Å². The fourth-order valence-electron chi connectivity index (χ4n) is 2.51. The van der Waals surface area contributed by atoms with Gasteiger partial charge in [-0.05, 0) is 43.3 Å². The number of aryl methyl sites for hydroxylation is 3. The maximum Gasteiger partial charge on any atom is 0.184 e. The van der Waals surface area contributed by atoms with Crippen molar-refractivity contribution < 1.29 is 8.78 Å². The first-order chi connectivity index (χ1) is 10.1. The van der Waals surface area contributed by atoms with Crippen LogP contribution in [0.1, 0.15) is 11.1 Å². The third kappa shape index (κ3) is 2.61. The Hall–Kier alpha value is -2.01. The summed E-state index contributed by atoms with van der Waals surface area (Å²) in [5.41, 5.74) is 3.03. The predicted molar refractivity (Wildman–Crippen MR) is 81.9 cm³/mol. The lowest BCUT2D eigenvalue weighted by molar-refractivity contribution is 0.510. The van der Waals surface area contributed by atoms with Crippen LogP contribution in [0.2, 0.25) is 0 Å². The van der Waals surface area contributed by atoms with Crippen LogP contribution >= 0.6 is 12.2 Å². The number of nitrogens with one attached hydrogen (secondary N) is 1. The summed E-state index contributed by atoms with van der Waals surface area (Å²) in [6.45, 7) is 2.53. The van der Waals surface area contributed by atoms with Gasteiger partial charge >= 0.3 is 0 Å². The zero-order chi connectivity index (χ0) is 15.0. The summed E-state index contributed by atoms with van der Waals surface area (Å²) >= 11 is 5.22. The third-order valence-corrected chi connectivity index (χ3v) is 3.85. The van der Waals surface area contributed by atoms with Crippen LogP contribution in [0.4, 0.5) is 8.78 Å². The Balaban J connectivity index is 1.99. The average Bonchev–Trinajstić information content (AvgIpc) is 2.77. The first kappa shape index (κ1) is 13.9. The van der Waals surface area contributed by atoms with Crippen LogP contribution in [0.15, 0.2) is 36.4 Å². The van der Waals surface area contributed by atoms with Crippen LogP contribution in [0, 0.1) is 23.3 Å². The molecule has 0 bridgehead atoms. The molecule has 1 N–H and O–H groups in total. The van der Waals surface area contributed by atoms with E-state index in [1.807, 2.05) is 25.1 Å². The lowest BCUT2D eigenvalue weighted by atomic mass is 10.1. The van der Waals surface area contributed by atoms with Crippen LogP contribution in [-0.2, 0) is 13.0 Å². The van der Waals surface area contributed by atoms with Gasteiger partial charge in [0.05, 0.1) is 5.52 Å². The van der Waals surface area contributed by atoms with Crippen LogP contribution in [0.5, 0.6) is 0 Å². The minimum absolute atomic E-state index is 0.202. The number of hydrogen-bond acceptors (Lipinski definition) is 1. The minimum atomic E-state index is -0.860. The lowest BCUT2D eigenvalue weighted by Gasteiger charge is -2.06. The number of halogens is 2. The Labute approximate surface area is 126 Å². The Morgan fingerprint density at radius 3 is 2.76 bits per heavy atom. The van der Waals surface area contributed by atoms with Crippen LogP contribution in [-0.4, -0.2) is 9.55 Å². The molecule has 2 aromatic carbocycles. The van der Waals surface area contributed by atoms with Crippen molar-refractivity contribution in [3.8, 4) is 0 Å². The summed E-state index contributed by atoms with van der Waals surface area (Å²) in [6, 6.07) is 10.7. The number of imidazole rings is 1. The molecule has 3 rings (SSSR count). The second-order valence-electron chi connectivity index (χ2n) is 5.08. The Bertz CT molecular complexity index is 864. The van der Waals surface area contributed by atoms with Gasteiger partial charge in [-0.3, -0.25) is 0 Å². The molecule has 0 atom stereocenters. The van der Waals surface area contributed by atoms with Crippen LogP contribution in [0.25, 0.3) is 11.0 Å². The van der Waals surface area contributed by atoms with Crippen molar-refractivity contribution >= 4 is 23.3 Å². The number of aromatic nitrogens is 2. The SMILES string of the molecule is Cc1cccc(CCn2c(=S)[nH]c3ccc(F)c(F)c32)c1.